The number of rotatable bonds is 29. The third kappa shape index (κ3) is 20.9. The summed E-state index contributed by atoms with van der Waals surface area (Å²) in [5.41, 5.74) is -1.22. The van der Waals surface area contributed by atoms with Crippen LogP contribution in [0.5, 0.6) is 40.4 Å². The predicted octanol–water partition coefficient (Wildman–Crippen LogP) is 14.7. The van der Waals surface area contributed by atoms with Crippen LogP contribution in [0.25, 0.3) is 66.5 Å². The molecule has 3 aliphatic heterocycles. The van der Waals surface area contributed by atoms with Gasteiger partial charge in [0.1, 0.15) is 23.1 Å². The van der Waals surface area contributed by atoms with E-state index in [9.17, 15) is 27.6 Å². The van der Waals surface area contributed by atoms with Crippen molar-refractivity contribution in [1.82, 2.24) is 44.9 Å². The van der Waals surface area contributed by atoms with Gasteiger partial charge in [-0.2, -0.15) is 13.2 Å². The number of benzene rings is 3. The molecule has 3 aliphatic rings. The number of nitrogens with one attached hydrogen (secondary N) is 5. The second-order valence-corrected chi connectivity index (χ2v) is 28.4. The molecule has 0 spiro atoms. The Labute approximate surface area is 667 Å². The van der Waals surface area contributed by atoms with Crippen LogP contribution < -0.4 is 59.7 Å². The molecule has 36 heteroatoms. The lowest BCUT2D eigenvalue weighted by molar-refractivity contribution is -0.117. The molecule has 0 radical (unpaired) electrons. The van der Waals surface area contributed by atoms with Gasteiger partial charge in [-0.25, -0.2) is 71.2 Å². The summed E-state index contributed by atoms with van der Waals surface area (Å²) in [6.07, 6.45) is 6.55. The summed E-state index contributed by atoms with van der Waals surface area (Å²) in [7, 11) is 8.84. The van der Waals surface area contributed by atoms with Crippen molar-refractivity contribution in [1.29, 1.82) is 0 Å². The quantitative estimate of drug-likeness (QED) is 0.0215. The first kappa shape index (κ1) is 87.6. The van der Waals surface area contributed by atoms with E-state index in [0.29, 0.717) is 98.7 Å². The van der Waals surface area contributed by atoms with E-state index >= 15 is 26.3 Å². The standard InChI is InChI=1S/C30H37F2N5O4.C26H26F5N5O4.C25H26F2N4O5/c1-8-19(38)11-17-9-10-41-15-21(17)36-29-33-14-18-12-20(24-25(31)22(39-6)13-23(40-7)26(24)32)35-28(27(18)37-29)34-16(2)30(3,4)5;1-4-15(37)7-13-5-6-40-11-17(13)35-25-32-10-14-8-16(34-24(23(14)36-25)33-12-26(29,30)31)20-21(27)18(38-2)9-19(39-3)22(20)28;1-5-15(32)8-13-6-7-36-12-17(13)30-25-28-11-14-9-16(29-24(35-4)23(14)31-25)20-21(26)18(33-2)10-19(34-3)22(20)27/h8,12-14,16-17,21H,1,9-11,15H2,2-7H3,(H,34,35)(H,33,36,37);4,8-10,13,17H,1,5-7,11-12H2,2-3H3,(H,33,34)(H,32,35,36);5,9-11,13,17H,1,6-8,12H2,2-4H3,(H,28,30,31)/t16?,17-,21-;2*13-,17-/m111/s1. The van der Waals surface area contributed by atoms with Gasteiger partial charge >= 0.3 is 6.18 Å². The van der Waals surface area contributed by atoms with Gasteiger partial charge in [0.05, 0.1) is 121 Å². The number of methoxy groups -OCH3 is 7. The Morgan fingerprint density at radius 3 is 1.08 bits per heavy atom. The smallest absolute Gasteiger partial charge is 0.405 e. The first-order valence-corrected chi connectivity index (χ1v) is 36.8. The second kappa shape index (κ2) is 38.8. The molecule has 6 aromatic heterocycles. The number of allylic oxidation sites excluding steroid dienone is 3. The molecule has 117 heavy (non-hydrogen) atoms. The fourth-order valence-electron chi connectivity index (χ4n) is 13.1. The highest BCUT2D eigenvalue weighted by Gasteiger charge is 2.35. The molecule has 5 N–H and O–H groups in total. The van der Waals surface area contributed by atoms with Gasteiger partial charge in [-0.3, -0.25) is 14.4 Å². The van der Waals surface area contributed by atoms with Crippen molar-refractivity contribution in [3.05, 3.63) is 128 Å². The van der Waals surface area contributed by atoms with Gasteiger partial charge in [0.15, 0.2) is 98.4 Å². The molecule has 9 heterocycles. The minimum Gasteiger partial charge on any atom is -0.494 e. The van der Waals surface area contributed by atoms with Crippen LogP contribution in [-0.4, -0.2) is 189 Å². The Morgan fingerprint density at radius 2 is 0.769 bits per heavy atom. The largest absolute Gasteiger partial charge is 0.494 e. The molecule has 1 unspecified atom stereocenters. The van der Waals surface area contributed by atoms with Crippen LogP contribution in [0.1, 0.15) is 66.2 Å². The van der Waals surface area contributed by atoms with Crippen LogP contribution in [0.4, 0.5) is 69.0 Å². The Kier molecular flexibility index (Phi) is 29.0. The van der Waals surface area contributed by atoms with E-state index in [-0.39, 0.29) is 169 Å². The zero-order valence-corrected chi connectivity index (χ0v) is 66.0. The number of alkyl halides is 3. The number of carbonyl (C=O) groups excluding carboxylic acids is 3. The van der Waals surface area contributed by atoms with Crippen molar-refractivity contribution < 1.29 is 101 Å². The van der Waals surface area contributed by atoms with Crippen molar-refractivity contribution in [3.63, 3.8) is 0 Å². The molecule has 3 saturated heterocycles. The minimum atomic E-state index is -4.63. The SMILES string of the molecule is C=CC(=O)C[C@H]1CCOC[C@H]1Nc1ncc2cc(-c3c(F)c(OC)cc(OC)c3F)nc(NC(C)C(C)(C)C)c2n1.C=CC(=O)C[C@H]1CCOC[C@H]1Nc1ncc2cc(-c3c(F)c(OC)cc(OC)c3F)nc(NCC(F)(F)F)c2n1.C=CC(=O)C[C@H]1CCOC[C@H]1Nc1ncc2cc(-c3c(F)c(OC)cc(OC)c3F)nc(OC)c2n1. The Hall–Kier alpha value is -11.8. The monoisotopic (exact) mass is 1640 g/mol. The lowest BCUT2D eigenvalue weighted by Gasteiger charge is -2.31. The van der Waals surface area contributed by atoms with E-state index in [1.165, 1.54) is 98.6 Å². The number of ketones is 3. The topological polar surface area (TPSA) is 320 Å². The van der Waals surface area contributed by atoms with E-state index < -0.39 is 58.8 Å². The Balaban J connectivity index is 0.000000185. The number of ether oxygens (including phenoxy) is 10. The molecular weight excluding hydrogens is 1550 g/mol. The minimum absolute atomic E-state index is 0.0277. The van der Waals surface area contributed by atoms with E-state index in [1.807, 2.05) is 6.92 Å². The summed E-state index contributed by atoms with van der Waals surface area (Å²) in [5.74, 6) is -6.95. The molecule has 9 aromatic rings. The van der Waals surface area contributed by atoms with Crippen molar-refractivity contribution in [2.45, 2.75) is 96.6 Å². The first-order valence-electron chi connectivity index (χ1n) is 36.8. The maximum Gasteiger partial charge on any atom is 0.405 e. The number of anilines is 5. The van der Waals surface area contributed by atoms with Crippen LogP contribution >= 0.6 is 0 Å². The molecule has 3 aromatic carbocycles. The normalized spacial score (nSPS) is 17.6. The fraction of sp³-hybridized carbons (Fsp3) is 0.407. The van der Waals surface area contributed by atoms with Gasteiger partial charge in [0.2, 0.25) is 23.7 Å². The number of nitrogens with zero attached hydrogens (tertiary/aromatic N) is 9. The summed E-state index contributed by atoms with van der Waals surface area (Å²) >= 11 is 0. The molecular formula is C81H89F9N14O13. The summed E-state index contributed by atoms with van der Waals surface area (Å²) in [4.78, 5) is 75.6. The van der Waals surface area contributed by atoms with Gasteiger partial charge in [0.25, 0.3) is 0 Å². The molecule has 7 atom stereocenters. The number of hydrogen-bond acceptors (Lipinski definition) is 27. The average Bonchev–Trinajstić information content (AvgIpc) is 0.841. The predicted molar refractivity (Wildman–Crippen MR) is 419 cm³/mol. The lowest BCUT2D eigenvalue weighted by atomic mass is 9.88. The number of carbonyl (C=O) groups is 3. The molecule has 12 rings (SSSR count). The third-order valence-electron chi connectivity index (χ3n) is 20.0. The van der Waals surface area contributed by atoms with E-state index in [2.05, 4.69) is 107 Å². The highest BCUT2D eigenvalue weighted by Crippen LogP contribution is 2.44. The van der Waals surface area contributed by atoms with Gasteiger partial charge < -0.3 is 74.0 Å². The molecule has 3 fully saturated rings. The maximum absolute atomic E-state index is 15.4. The summed E-state index contributed by atoms with van der Waals surface area (Å²) < 4.78 is 183. The van der Waals surface area contributed by atoms with Crippen LogP contribution in [0.15, 0.2) is 93.0 Å². The summed E-state index contributed by atoms with van der Waals surface area (Å²) in [6.45, 7) is 20.0. The van der Waals surface area contributed by atoms with Gasteiger partial charge in [-0.15, -0.1) is 0 Å². The highest BCUT2D eigenvalue weighted by molar-refractivity contribution is 5.95. The number of hydrogen-bond donors (Lipinski definition) is 5. The molecule has 0 saturated carbocycles. The third-order valence-corrected chi connectivity index (χ3v) is 20.0. The number of halogens is 9. The molecule has 0 amide bonds. The molecule has 624 valence electrons. The van der Waals surface area contributed by atoms with Crippen molar-refractivity contribution in [2.24, 2.45) is 23.2 Å². The Bertz CT molecular complexity index is 5080. The average molecular weight is 1640 g/mol. The van der Waals surface area contributed by atoms with Crippen LogP contribution in [0, 0.1) is 58.1 Å². The molecule has 0 aliphatic carbocycles. The summed E-state index contributed by atoms with van der Waals surface area (Å²) in [6, 6.07) is 6.69. The number of fused-ring (bicyclic) bond motifs is 3. The second-order valence-electron chi connectivity index (χ2n) is 28.4. The first-order chi connectivity index (χ1) is 55.9. The van der Waals surface area contributed by atoms with Crippen LogP contribution in [0.2, 0.25) is 0 Å². The number of pyridine rings is 3. The van der Waals surface area contributed by atoms with Gasteiger partial charge in [-0.05, 0) is 85.8 Å². The summed E-state index contributed by atoms with van der Waals surface area (Å²) in [5, 5.41) is 16.3. The Morgan fingerprint density at radius 1 is 0.462 bits per heavy atom. The lowest BCUT2D eigenvalue weighted by Crippen LogP contribution is -2.40. The maximum atomic E-state index is 15.4. The van der Waals surface area contributed by atoms with Crippen molar-refractivity contribution >= 4 is 79.5 Å². The zero-order valence-electron chi connectivity index (χ0n) is 66.0. The molecule has 0 bridgehead atoms. The van der Waals surface area contributed by atoms with Crippen molar-refractivity contribution in [2.75, 3.05) is 123 Å². The van der Waals surface area contributed by atoms with E-state index in [4.69, 9.17) is 52.4 Å². The molecule has 27 nitrogen and oxygen atoms in total. The van der Waals surface area contributed by atoms with Crippen molar-refractivity contribution in [3.8, 4) is 74.1 Å². The highest BCUT2D eigenvalue weighted by atomic mass is 19.4. The van der Waals surface area contributed by atoms with Gasteiger partial charge in [-0.1, -0.05) is 40.5 Å². The van der Waals surface area contributed by atoms with Crippen LogP contribution in [-0.2, 0) is 28.6 Å². The van der Waals surface area contributed by atoms with E-state index in [1.54, 1.807) is 6.20 Å². The zero-order chi connectivity index (χ0) is 84.7. The number of aromatic nitrogens is 9. The fourth-order valence-corrected chi connectivity index (χ4v) is 13.1. The van der Waals surface area contributed by atoms with Gasteiger partial charge in [0, 0.05) is 98.1 Å². The van der Waals surface area contributed by atoms with Crippen LogP contribution in [0.3, 0.4) is 0 Å². The van der Waals surface area contributed by atoms with E-state index in [0.717, 1.165) is 18.2 Å².